The van der Waals surface area contributed by atoms with Gasteiger partial charge in [-0.15, -0.1) is 0 Å². The number of hydrogen-bond acceptors (Lipinski definition) is 5. The first-order valence-electron chi connectivity index (χ1n) is 12.7. The molecule has 1 aliphatic rings. The van der Waals surface area contributed by atoms with E-state index in [9.17, 15) is 0 Å². The molecule has 0 amide bonds. The molecule has 2 N–H and O–H groups in total. The van der Waals surface area contributed by atoms with Gasteiger partial charge in [-0.25, -0.2) is 9.50 Å². The highest BCUT2D eigenvalue weighted by atomic mass is 15.3. The van der Waals surface area contributed by atoms with Gasteiger partial charge in [-0.2, -0.15) is 10.2 Å². The zero-order chi connectivity index (χ0) is 24.6. The van der Waals surface area contributed by atoms with E-state index in [4.69, 9.17) is 5.10 Å². The lowest BCUT2D eigenvalue weighted by Gasteiger charge is -2.17. The van der Waals surface area contributed by atoms with Crippen LogP contribution in [0, 0.1) is 0 Å². The van der Waals surface area contributed by atoms with Crippen LogP contribution in [0.4, 0.5) is 11.5 Å². The summed E-state index contributed by atoms with van der Waals surface area (Å²) >= 11 is 0. The van der Waals surface area contributed by atoms with E-state index in [0.717, 1.165) is 66.1 Å². The lowest BCUT2D eigenvalue weighted by Crippen LogP contribution is -2.23. The van der Waals surface area contributed by atoms with Gasteiger partial charge in [0, 0.05) is 35.9 Å². The molecule has 37 heavy (non-hydrogen) atoms. The van der Waals surface area contributed by atoms with E-state index in [1.165, 1.54) is 22.3 Å². The van der Waals surface area contributed by atoms with Crippen LogP contribution in [0.5, 0.6) is 0 Å². The average Bonchev–Trinajstić information content (AvgIpc) is 3.53. The van der Waals surface area contributed by atoms with E-state index in [1.807, 2.05) is 15.3 Å². The second-order valence-electron chi connectivity index (χ2n) is 9.65. The maximum Gasteiger partial charge on any atom is 0.158 e. The Balaban J connectivity index is 1.13. The zero-order valence-electron chi connectivity index (χ0n) is 20.4. The van der Waals surface area contributed by atoms with Crippen LogP contribution in [-0.2, 0) is 25.9 Å². The summed E-state index contributed by atoms with van der Waals surface area (Å²) in [5.74, 6) is 0.777. The van der Waals surface area contributed by atoms with E-state index >= 15 is 0 Å². The quantitative estimate of drug-likeness (QED) is 0.343. The maximum atomic E-state index is 4.79. The molecule has 7 heteroatoms. The normalized spacial score (nSPS) is 13.2. The Labute approximate surface area is 214 Å². The van der Waals surface area contributed by atoms with Crippen molar-refractivity contribution in [1.29, 1.82) is 0 Å². The van der Waals surface area contributed by atoms with Crippen molar-refractivity contribution in [2.75, 3.05) is 11.9 Å². The Kier molecular flexibility index (Phi) is 5.40. The fraction of sp³-hybridized carbons (Fsp3) is 0.167. The molecule has 0 unspecified atom stereocenters. The van der Waals surface area contributed by atoms with Gasteiger partial charge in [0.05, 0.1) is 12.1 Å². The third-order valence-electron chi connectivity index (χ3n) is 7.08. The largest absolute Gasteiger partial charge is 0.338 e. The Morgan fingerprint density at radius 3 is 2.78 bits per heavy atom. The molecule has 0 saturated heterocycles. The van der Waals surface area contributed by atoms with Gasteiger partial charge in [0.1, 0.15) is 11.8 Å². The van der Waals surface area contributed by atoms with Crippen LogP contribution in [0.3, 0.4) is 0 Å². The molecule has 1 aliphatic heterocycles. The van der Waals surface area contributed by atoms with Gasteiger partial charge >= 0.3 is 0 Å². The number of anilines is 2. The molecule has 0 fully saturated rings. The molecular formula is C30H27N7. The van der Waals surface area contributed by atoms with Crippen LogP contribution in [0.2, 0.25) is 0 Å². The van der Waals surface area contributed by atoms with E-state index in [0.29, 0.717) is 0 Å². The molecule has 7 nitrogen and oxygen atoms in total. The van der Waals surface area contributed by atoms with Gasteiger partial charge in [-0.1, -0.05) is 48.5 Å². The van der Waals surface area contributed by atoms with Gasteiger partial charge in [0.2, 0.25) is 0 Å². The highest BCUT2D eigenvalue weighted by Crippen LogP contribution is 2.25. The monoisotopic (exact) mass is 485 g/mol. The molecule has 0 atom stereocenters. The molecule has 0 spiro atoms. The number of fused-ring (bicyclic) bond motifs is 3. The van der Waals surface area contributed by atoms with Crippen molar-refractivity contribution in [2.45, 2.75) is 25.9 Å². The van der Waals surface area contributed by atoms with Crippen LogP contribution in [0.1, 0.15) is 27.9 Å². The van der Waals surface area contributed by atoms with E-state index in [-0.39, 0.29) is 0 Å². The Hall–Kier alpha value is -4.49. The van der Waals surface area contributed by atoms with Gasteiger partial charge in [-0.05, 0) is 65.6 Å². The van der Waals surface area contributed by atoms with E-state index < -0.39 is 0 Å². The molecule has 0 bridgehead atoms. The molecule has 0 saturated carbocycles. The Morgan fingerprint density at radius 2 is 1.84 bits per heavy atom. The van der Waals surface area contributed by atoms with Gasteiger partial charge in [0.15, 0.2) is 5.82 Å². The summed E-state index contributed by atoms with van der Waals surface area (Å²) in [6, 6.07) is 27.7. The average molecular weight is 486 g/mol. The summed E-state index contributed by atoms with van der Waals surface area (Å²) in [5.41, 5.74) is 9.37. The predicted molar refractivity (Wildman–Crippen MR) is 146 cm³/mol. The summed E-state index contributed by atoms with van der Waals surface area (Å²) in [5, 5.41) is 17.4. The first kappa shape index (κ1) is 21.8. The van der Waals surface area contributed by atoms with E-state index in [1.54, 1.807) is 6.33 Å². The zero-order valence-corrected chi connectivity index (χ0v) is 20.4. The van der Waals surface area contributed by atoms with Gasteiger partial charge < -0.3 is 10.6 Å². The van der Waals surface area contributed by atoms with Crippen molar-refractivity contribution in [2.24, 2.45) is 0 Å². The lowest BCUT2D eigenvalue weighted by atomic mass is 9.97. The van der Waals surface area contributed by atoms with Crippen molar-refractivity contribution in [3.05, 3.63) is 119 Å². The topological polar surface area (TPSA) is 72.1 Å². The molecule has 0 radical (unpaired) electrons. The first-order valence-corrected chi connectivity index (χ1v) is 12.7. The fourth-order valence-electron chi connectivity index (χ4n) is 5.20. The van der Waals surface area contributed by atoms with Crippen LogP contribution in [-0.4, -0.2) is 30.9 Å². The molecule has 0 aliphatic carbocycles. The van der Waals surface area contributed by atoms with Gasteiger partial charge in [-0.3, -0.25) is 4.68 Å². The van der Waals surface area contributed by atoms with Crippen LogP contribution >= 0.6 is 0 Å². The minimum Gasteiger partial charge on any atom is -0.338 e. The molecule has 182 valence electrons. The van der Waals surface area contributed by atoms with Crippen LogP contribution in [0.15, 0.2) is 91.4 Å². The highest BCUT2D eigenvalue weighted by molar-refractivity contribution is 5.84. The number of nitrogens with one attached hydrogen (secondary N) is 2. The smallest absolute Gasteiger partial charge is 0.158 e. The van der Waals surface area contributed by atoms with Crippen molar-refractivity contribution in [1.82, 2.24) is 29.7 Å². The Morgan fingerprint density at radius 1 is 0.892 bits per heavy atom. The minimum atomic E-state index is 0.748. The number of aromatic nitrogens is 5. The van der Waals surface area contributed by atoms with Crippen LogP contribution in [0.25, 0.3) is 16.4 Å². The first-order chi connectivity index (χ1) is 18.3. The number of rotatable bonds is 6. The lowest BCUT2D eigenvalue weighted by molar-refractivity contribution is 0.643. The SMILES string of the molecule is c1ccc(Cn2cc3ccc(Nc4ncnn5c(Cc6ccc7c(c6)CNCC7)ccc45)cc3n2)cc1. The molecule has 4 heterocycles. The summed E-state index contributed by atoms with van der Waals surface area (Å²) < 4.78 is 3.98. The molecular weight excluding hydrogens is 458 g/mol. The van der Waals surface area contributed by atoms with E-state index in [2.05, 4.69) is 99.7 Å². The third-order valence-corrected chi connectivity index (χ3v) is 7.08. The number of hydrogen-bond donors (Lipinski definition) is 2. The van der Waals surface area contributed by atoms with Gasteiger partial charge in [0.25, 0.3) is 0 Å². The highest BCUT2D eigenvalue weighted by Gasteiger charge is 2.13. The second-order valence-corrected chi connectivity index (χ2v) is 9.65. The van der Waals surface area contributed by atoms with Crippen LogP contribution < -0.4 is 10.6 Å². The fourth-order valence-corrected chi connectivity index (χ4v) is 5.20. The molecule has 7 rings (SSSR count). The van der Waals surface area contributed by atoms with Crippen molar-refractivity contribution < 1.29 is 0 Å². The third kappa shape index (κ3) is 4.34. The number of nitrogens with zero attached hydrogens (tertiary/aromatic N) is 5. The summed E-state index contributed by atoms with van der Waals surface area (Å²) in [4.78, 5) is 4.54. The van der Waals surface area contributed by atoms with Crippen molar-refractivity contribution in [3.8, 4) is 0 Å². The van der Waals surface area contributed by atoms with Crippen molar-refractivity contribution in [3.63, 3.8) is 0 Å². The van der Waals surface area contributed by atoms with Crippen molar-refractivity contribution >= 4 is 27.9 Å². The molecule has 3 aromatic carbocycles. The summed E-state index contributed by atoms with van der Waals surface area (Å²) in [6.45, 7) is 2.76. The standard InChI is InChI=1S/C30H27N7/c1-2-4-21(5-3-1)18-36-19-24-8-9-26(16-28(24)35-36)34-30-29-11-10-27(37(29)33-20-32-30)15-22-6-7-23-12-13-31-17-25(23)14-22/h1-11,14,16,19-20,31H,12-13,15,17-18H2,(H,32,33,34). The predicted octanol–water partition coefficient (Wildman–Crippen LogP) is 5.11. The summed E-state index contributed by atoms with van der Waals surface area (Å²) in [7, 11) is 0. The number of benzene rings is 3. The minimum absolute atomic E-state index is 0.748. The maximum absolute atomic E-state index is 4.79. The Bertz CT molecular complexity index is 1710. The summed E-state index contributed by atoms with van der Waals surface area (Å²) in [6.07, 6.45) is 5.63. The second kappa shape index (κ2) is 9.19. The molecule has 6 aromatic rings. The molecule has 3 aromatic heterocycles.